The maximum atomic E-state index is 3.92. The summed E-state index contributed by atoms with van der Waals surface area (Å²) in [5, 5.41) is 0. The average molecular weight is 277 g/mol. The molecule has 0 heterocycles. The van der Waals surface area contributed by atoms with Crippen LogP contribution >= 0.6 is 0 Å². The van der Waals surface area contributed by atoms with Crippen molar-refractivity contribution < 1.29 is 0 Å². The quantitative estimate of drug-likeness (QED) is 0.278. The van der Waals surface area contributed by atoms with Gasteiger partial charge in [-0.2, -0.15) is 0 Å². The van der Waals surface area contributed by atoms with Gasteiger partial charge in [0.05, 0.1) is 0 Å². The highest BCUT2D eigenvalue weighted by Gasteiger charge is 2.14. The Morgan fingerprint density at radius 1 is 0.850 bits per heavy atom. The van der Waals surface area contributed by atoms with Crippen LogP contribution in [-0.4, -0.2) is 0 Å². The Bertz CT molecular complexity index is 242. The van der Waals surface area contributed by atoms with Crippen LogP contribution in [0.1, 0.15) is 90.9 Å². The van der Waals surface area contributed by atoms with E-state index in [4.69, 9.17) is 0 Å². The summed E-state index contributed by atoms with van der Waals surface area (Å²) < 4.78 is 0. The van der Waals surface area contributed by atoms with Crippen molar-refractivity contribution in [3.63, 3.8) is 0 Å². The van der Waals surface area contributed by atoms with Crippen molar-refractivity contribution in [1.82, 2.24) is 0 Å². The number of rotatable bonds is 12. The summed E-state index contributed by atoms with van der Waals surface area (Å²) in [6, 6.07) is 0. The first-order valence-corrected chi connectivity index (χ1v) is 8.80. The predicted octanol–water partition coefficient (Wildman–Crippen LogP) is 6.61. The molecule has 0 saturated heterocycles. The first-order chi connectivity index (χ1) is 9.76. The maximum absolute atomic E-state index is 3.92. The summed E-state index contributed by atoms with van der Waals surface area (Å²) in [6.45, 7) is 12.4. The lowest BCUT2D eigenvalue weighted by atomic mass is 9.83. The van der Waals surface area contributed by atoms with E-state index in [2.05, 4.69) is 39.5 Å². The molecule has 0 aliphatic carbocycles. The highest BCUT2D eigenvalue weighted by molar-refractivity contribution is 4.99. The molecular weight excluding hydrogens is 240 g/mol. The molecule has 0 fully saturated rings. The molecule has 2 radical (unpaired) electrons. The van der Waals surface area contributed by atoms with Crippen molar-refractivity contribution in [2.45, 2.75) is 90.9 Å². The van der Waals surface area contributed by atoms with Crippen LogP contribution in [0.5, 0.6) is 0 Å². The molecule has 0 aromatic rings. The maximum Gasteiger partial charge on any atom is 0.00890 e. The van der Waals surface area contributed by atoms with Gasteiger partial charge in [0.25, 0.3) is 0 Å². The van der Waals surface area contributed by atoms with E-state index in [-0.39, 0.29) is 0 Å². The van der Waals surface area contributed by atoms with Gasteiger partial charge < -0.3 is 0 Å². The minimum absolute atomic E-state index is 0.753. The lowest BCUT2D eigenvalue weighted by Crippen LogP contribution is -2.11. The Morgan fingerprint density at radius 2 is 1.50 bits per heavy atom. The summed E-state index contributed by atoms with van der Waals surface area (Å²) in [5.41, 5.74) is 0. The molecule has 0 aliphatic heterocycles. The van der Waals surface area contributed by atoms with Gasteiger partial charge in [-0.05, 0) is 25.2 Å². The zero-order valence-corrected chi connectivity index (χ0v) is 14.1. The molecule has 0 aromatic heterocycles. The van der Waals surface area contributed by atoms with E-state index in [1.54, 1.807) is 0 Å². The zero-order valence-electron chi connectivity index (χ0n) is 14.1. The Labute approximate surface area is 129 Å². The third kappa shape index (κ3) is 11.4. The lowest BCUT2D eigenvalue weighted by Gasteiger charge is -2.23. The topological polar surface area (TPSA) is 0 Å². The second-order valence-electron chi connectivity index (χ2n) is 6.05. The van der Waals surface area contributed by atoms with Gasteiger partial charge in [-0.25, -0.2) is 0 Å². The molecule has 0 nitrogen and oxygen atoms in total. The van der Waals surface area contributed by atoms with E-state index in [0.717, 1.165) is 31.1 Å². The summed E-state index contributed by atoms with van der Waals surface area (Å²) in [7, 11) is 0. The molecule has 0 bridgehead atoms. The van der Waals surface area contributed by atoms with Gasteiger partial charge in [-0.3, -0.25) is 0 Å². The Hall–Kier alpha value is -0.440. The fourth-order valence-corrected chi connectivity index (χ4v) is 2.78. The van der Waals surface area contributed by atoms with Crippen LogP contribution in [-0.2, 0) is 0 Å². The van der Waals surface area contributed by atoms with Crippen LogP contribution in [0.3, 0.4) is 0 Å². The monoisotopic (exact) mass is 276 g/mol. The molecule has 0 heteroatoms. The van der Waals surface area contributed by atoms with E-state index in [0.29, 0.717) is 0 Å². The van der Waals surface area contributed by atoms with Crippen LogP contribution in [0, 0.1) is 37.5 Å². The summed E-state index contributed by atoms with van der Waals surface area (Å²) >= 11 is 0. The SMILES string of the molecule is [CH2]CC#CCCCCC(CCCCCC[CH2])C(C)CC. The first kappa shape index (κ1) is 19.6. The van der Waals surface area contributed by atoms with E-state index in [1.165, 1.54) is 57.8 Å². The molecule has 0 spiro atoms. The van der Waals surface area contributed by atoms with Crippen molar-refractivity contribution >= 4 is 0 Å². The van der Waals surface area contributed by atoms with Crippen molar-refractivity contribution in [2.75, 3.05) is 0 Å². The third-order valence-electron chi connectivity index (χ3n) is 4.40. The summed E-state index contributed by atoms with van der Waals surface area (Å²) in [4.78, 5) is 0. The van der Waals surface area contributed by atoms with Crippen molar-refractivity contribution in [3.05, 3.63) is 13.8 Å². The smallest absolute Gasteiger partial charge is 0.00890 e. The molecular formula is C20H36. The van der Waals surface area contributed by atoms with Gasteiger partial charge in [0.2, 0.25) is 0 Å². The Morgan fingerprint density at radius 3 is 2.10 bits per heavy atom. The minimum atomic E-state index is 0.753. The van der Waals surface area contributed by atoms with Crippen molar-refractivity contribution in [1.29, 1.82) is 0 Å². The summed E-state index contributed by atoms with van der Waals surface area (Å²) in [6.07, 6.45) is 15.2. The number of unbranched alkanes of at least 4 members (excludes halogenated alkanes) is 6. The molecule has 20 heavy (non-hydrogen) atoms. The molecule has 116 valence electrons. The van der Waals surface area contributed by atoms with Crippen LogP contribution in [0.2, 0.25) is 0 Å². The molecule has 0 aromatic carbocycles. The van der Waals surface area contributed by atoms with Crippen LogP contribution in [0.4, 0.5) is 0 Å². The minimum Gasteiger partial charge on any atom is -0.103 e. The largest absolute Gasteiger partial charge is 0.103 e. The fraction of sp³-hybridized carbons (Fsp3) is 0.800. The summed E-state index contributed by atoms with van der Waals surface area (Å²) in [5.74, 6) is 8.07. The molecule has 0 aliphatic rings. The Kier molecular flexibility index (Phi) is 14.6. The molecule has 0 N–H and O–H groups in total. The van der Waals surface area contributed by atoms with E-state index < -0.39 is 0 Å². The van der Waals surface area contributed by atoms with Gasteiger partial charge >= 0.3 is 0 Å². The van der Waals surface area contributed by atoms with Gasteiger partial charge in [-0.15, -0.1) is 11.8 Å². The first-order valence-electron chi connectivity index (χ1n) is 8.80. The highest BCUT2D eigenvalue weighted by atomic mass is 14.2. The number of hydrogen-bond donors (Lipinski definition) is 0. The molecule has 0 amide bonds. The van der Waals surface area contributed by atoms with Crippen LogP contribution in [0.25, 0.3) is 0 Å². The van der Waals surface area contributed by atoms with Crippen molar-refractivity contribution in [3.8, 4) is 11.8 Å². The lowest BCUT2D eigenvalue weighted by molar-refractivity contribution is 0.290. The zero-order chi connectivity index (χ0) is 15.1. The van der Waals surface area contributed by atoms with Gasteiger partial charge in [0, 0.05) is 12.8 Å². The van der Waals surface area contributed by atoms with Crippen LogP contribution in [0.15, 0.2) is 0 Å². The molecule has 2 atom stereocenters. The second kappa shape index (κ2) is 15.0. The Balaban J connectivity index is 3.79. The van der Waals surface area contributed by atoms with Gasteiger partial charge in [0.15, 0.2) is 0 Å². The van der Waals surface area contributed by atoms with E-state index in [1.807, 2.05) is 0 Å². The average Bonchev–Trinajstić information content (AvgIpc) is 2.47. The normalized spacial score (nSPS) is 13.6. The molecule has 2 unspecified atom stereocenters. The molecule has 0 saturated carbocycles. The number of hydrogen-bond acceptors (Lipinski definition) is 0. The second-order valence-corrected chi connectivity index (χ2v) is 6.05. The van der Waals surface area contributed by atoms with E-state index >= 15 is 0 Å². The third-order valence-corrected chi connectivity index (χ3v) is 4.40. The highest BCUT2D eigenvalue weighted by Crippen LogP contribution is 2.27. The van der Waals surface area contributed by atoms with Gasteiger partial charge in [0.1, 0.15) is 0 Å². The fourth-order valence-electron chi connectivity index (χ4n) is 2.78. The standard InChI is InChI=1S/C20H36/c1-5-8-10-12-14-16-18-20(19(4)7-3)17-15-13-11-9-6-2/h19-20H,1-2,5-7,9,11-18H2,3-4H3. The van der Waals surface area contributed by atoms with E-state index in [9.17, 15) is 0 Å². The van der Waals surface area contributed by atoms with Crippen LogP contribution < -0.4 is 0 Å². The predicted molar refractivity (Wildman–Crippen MR) is 92.2 cm³/mol. The molecule has 0 rings (SSSR count). The van der Waals surface area contributed by atoms with Gasteiger partial charge in [-0.1, -0.05) is 78.6 Å². The van der Waals surface area contributed by atoms with Crippen molar-refractivity contribution in [2.24, 2.45) is 11.8 Å².